The Hall–Kier alpha value is -0.850. The summed E-state index contributed by atoms with van der Waals surface area (Å²) in [5.74, 6) is -0.108. The second kappa shape index (κ2) is 8.74. The molecule has 0 nitrogen and oxygen atoms in total. The maximum Gasteiger partial charge on any atom is 0.126 e. The molecule has 0 unspecified atom stereocenters. The highest BCUT2D eigenvalue weighted by molar-refractivity contribution is 5.32. The second-order valence-corrected chi connectivity index (χ2v) is 2.61. The van der Waals surface area contributed by atoms with E-state index in [9.17, 15) is 4.39 Å². The fraction of sp³-hybridized carbons (Fsp3) is 0.538. The molecule has 0 bridgehead atoms. The summed E-state index contributed by atoms with van der Waals surface area (Å²) in [4.78, 5) is 0. The zero-order chi connectivity index (χ0) is 11.7. The Bertz CT molecular complexity index is 225. The van der Waals surface area contributed by atoms with Gasteiger partial charge in [-0.25, -0.2) is 4.39 Å². The third-order valence-corrected chi connectivity index (χ3v) is 1.99. The molecule has 0 aliphatic heterocycles. The SMILES string of the molecule is CC.CC.Cc1ccc(F)c(C)c1C. The van der Waals surface area contributed by atoms with Crippen LogP contribution in [0.5, 0.6) is 0 Å². The standard InChI is InChI=1S/C9H11F.2C2H6/c1-6-4-5-9(10)8(3)7(6)2;2*1-2/h4-5H,1-3H3;2*1-2H3. The Morgan fingerprint density at radius 2 is 1.21 bits per heavy atom. The highest BCUT2D eigenvalue weighted by Crippen LogP contribution is 2.14. The van der Waals surface area contributed by atoms with Crippen LogP contribution in [0.2, 0.25) is 0 Å². The number of halogens is 1. The molecule has 0 atom stereocenters. The van der Waals surface area contributed by atoms with Crippen molar-refractivity contribution >= 4 is 0 Å². The molecule has 0 N–H and O–H groups in total. The molecule has 82 valence electrons. The topological polar surface area (TPSA) is 0 Å². The van der Waals surface area contributed by atoms with Crippen LogP contribution in [0.4, 0.5) is 4.39 Å². The summed E-state index contributed by atoms with van der Waals surface area (Å²) in [5.41, 5.74) is 2.97. The average molecular weight is 198 g/mol. The molecule has 0 fully saturated rings. The van der Waals surface area contributed by atoms with E-state index < -0.39 is 0 Å². The first-order valence-electron chi connectivity index (χ1n) is 5.35. The maximum absolute atomic E-state index is 12.8. The molecule has 0 radical (unpaired) electrons. The van der Waals surface area contributed by atoms with E-state index in [0.29, 0.717) is 0 Å². The van der Waals surface area contributed by atoms with E-state index in [0.717, 1.165) is 16.7 Å². The lowest BCUT2D eigenvalue weighted by Gasteiger charge is -2.03. The van der Waals surface area contributed by atoms with E-state index >= 15 is 0 Å². The van der Waals surface area contributed by atoms with Gasteiger partial charge in [0.05, 0.1) is 0 Å². The predicted octanol–water partition coefficient (Wildman–Crippen LogP) is 4.80. The number of rotatable bonds is 0. The molecule has 0 saturated carbocycles. The van der Waals surface area contributed by atoms with E-state index in [2.05, 4.69) is 0 Å². The number of hydrogen-bond donors (Lipinski definition) is 0. The fourth-order valence-electron chi connectivity index (χ4n) is 0.923. The summed E-state index contributed by atoms with van der Waals surface area (Å²) in [7, 11) is 0. The Balaban J connectivity index is 0. The second-order valence-electron chi connectivity index (χ2n) is 2.61. The molecular weight excluding hydrogens is 175 g/mol. The van der Waals surface area contributed by atoms with Gasteiger partial charge in [0.15, 0.2) is 0 Å². The van der Waals surface area contributed by atoms with Gasteiger partial charge in [0.1, 0.15) is 5.82 Å². The van der Waals surface area contributed by atoms with Crippen molar-refractivity contribution in [3.05, 3.63) is 34.6 Å². The van der Waals surface area contributed by atoms with Gasteiger partial charge >= 0.3 is 0 Å². The van der Waals surface area contributed by atoms with Crippen molar-refractivity contribution in [3.8, 4) is 0 Å². The smallest absolute Gasteiger partial charge is 0.126 e. The van der Waals surface area contributed by atoms with Crippen molar-refractivity contribution in [3.63, 3.8) is 0 Å². The minimum absolute atomic E-state index is 0.108. The van der Waals surface area contributed by atoms with Gasteiger partial charge in [-0.3, -0.25) is 0 Å². The van der Waals surface area contributed by atoms with Crippen LogP contribution in [-0.2, 0) is 0 Å². The number of benzene rings is 1. The van der Waals surface area contributed by atoms with Gasteiger partial charge in [0.2, 0.25) is 0 Å². The molecule has 0 aliphatic carbocycles. The first-order chi connectivity index (χ1) is 6.63. The maximum atomic E-state index is 12.8. The van der Waals surface area contributed by atoms with E-state index in [-0.39, 0.29) is 5.82 Å². The van der Waals surface area contributed by atoms with Gasteiger partial charge in [-0.15, -0.1) is 0 Å². The summed E-state index contributed by atoms with van der Waals surface area (Å²) in [5, 5.41) is 0. The third-order valence-electron chi connectivity index (χ3n) is 1.99. The van der Waals surface area contributed by atoms with Crippen molar-refractivity contribution in [2.75, 3.05) is 0 Å². The van der Waals surface area contributed by atoms with Gasteiger partial charge in [-0.1, -0.05) is 33.8 Å². The number of hydrogen-bond acceptors (Lipinski definition) is 0. The third kappa shape index (κ3) is 4.40. The molecule has 0 amide bonds. The Morgan fingerprint density at radius 1 is 0.786 bits per heavy atom. The van der Waals surface area contributed by atoms with Crippen LogP contribution in [0, 0.1) is 26.6 Å². The van der Waals surface area contributed by atoms with Gasteiger partial charge < -0.3 is 0 Å². The van der Waals surface area contributed by atoms with E-state index in [1.807, 2.05) is 41.5 Å². The molecule has 0 spiro atoms. The van der Waals surface area contributed by atoms with Crippen LogP contribution in [-0.4, -0.2) is 0 Å². The summed E-state index contributed by atoms with van der Waals surface area (Å²) in [6.45, 7) is 13.7. The fourth-order valence-corrected chi connectivity index (χ4v) is 0.923. The summed E-state index contributed by atoms with van der Waals surface area (Å²) >= 11 is 0. The lowest BCUT2D eigenvalue weighted by molar-refractivity contribution is 0.616. The Morgan fingerprint density at radius 3 is 1.57 bits per heavy atom. The monoisotopic (exact) mass is 198 g/mol. The molecule has 14 heavy (non-hydrogen) atoms. The lowest BCUT2D eigenvalue weighted by atomic mass is 10.0. The van der Waals surface area contributed by atoms with E-state index in [1.165, 1.54) is 6.07 Å². The number of aryl methyl sites for hydroxylation is 1. The molecule has 1 rings (SSSR count). The van der Waals surface area contributed by atoms with Gasteiger partial charge in [0, 0.05) is 0 Å². The van der Waals surface area contributed by atoms with Crippen LogP contribution in [0.15, 0.2) is 12.1 Å². The van der Waals surface area contributed by atoms with Gasteiger partial charge in [-0.2, -0.15) is 0 Å². The molecule has 1 aromatic carbocycles. The summed E-state index contributed by atoms with van der Waals surface area (Å²) in [6, 6.07) is 3.31. The average Bonchev–Trinajstić information content (AvgIpc) is 2.26. The molecular formula is C13H23F. The van der Waals surface area contributed by atoms with Crippen molar-refractivity contribution < 1.29 is 4.39 Å². The van der Waals surface area contributed by atoms with Crippen molar-refractivity contribution in [2.24, 2.45) is 0 Å². The zero-order valence-corrected chi connectivity index (χ0v) is 10.5. The molecule has 0 heterocycles. The predicted molar refractivity (Wildman–Crippen MR) is 63.3 cm³/mol. The minimum Gasteiger partial charge on any atom is -0.207 e. The van der Waals surface area contributed by atoms with E-state index in [4.69, 9.17) is 0 Å². The highest BCUT2D eigenvalue weighted by atomic mass is 19.1. The van der Waals surface area contributed by atoms with Crippen molar-refractivity contribution in [1.29, 1.82) is 0 Å². The van der Waals surface area contributed by atoms with Gasteiger partial charge in [0.25, 0.3) is 0 Å². The Labute approximate surface area is 88.2 Å². The van der Waals surface area contributed by atoms with Gasteiger partial charge in [-0.05, 0) is 43.5 Å². The van der Waals surface area contributed by atoms with Crippen LogP contribution in [0.25, 0.3) is 0 Å². The van der Waals surface area contributed by atoms with Crippen LogP contribution in [0.1, 0.15) is 44.4 Å². The highest BCUT2D eigenvalue weighted by Gasteiger charge is 2.00. The lowest BCUT2D eigenvalue weighted by Crippen LogP contribution is -1.89. The quantitative estimate of drug-likeness (QED) is 0.561. The zero-order valence-electron chi connectivity index (χ0n) is 10.5. The van der Waals surface area contributed by atoms with Crippen molar-refractivity contribution in [2.45, 2.75) is 48.5 Å². The first-order valence-corrected chi connectivity index (χ1v) is 5.35. The normalized spacial score (nSPS) is 8.00. The Kier molecular flexibility index (Phi) is 9.74. The largest absolute Gasteiger partial charge is 0.207 e. The van der Waals surface area contributed by atoms with Crippen LogP contribution >= 0.6 is 0 Å². The summed E-state index contributed by atoms with van der Waals surface area (Å²) < 4.78 is 12.8. The molecule has 0 aliphatic rings. The molecule has 1 heteroatoms. The molecule has 1 aromatic rings. The molecule has 0 aromatic heterocycles. The molecule has 0 saturated heterocycles. The van der Waals surface area contributed by atoms with Crippen molar-refractivity contribution in [1.82, 2.24) is 0 Å². The van der Waals surface area contributed by atoms with Crippen LogP contribution < -0.4 is 0 Å². The van der Waals surface area contributed by atoms with Crippen LogP contribution in [0.3, 0.4) is 0 Å². The summed E-state index contributed by atoms with van der Waals surface area (Å²) in [6.07, 6.45) is 0. The first kappa shape index (κ1) is 15.6. The van der Waals surface area contributed by atoms with E-state index in [1.54, 1.807) is 13.0 Å². The minimum atomic E-state index is -0.108.